The number of hydrogen-bond donors (Lipinski definition) is 3. The van der Waals surface area contributed by atoms with Gasteiger partial charge in [0.2, 0.25) is 5.91 Å². The van der Waals surface area contributed by atoms with Crippen molar-refractivity contribution in [1.29, 1.82) is 0 Å². The molecule has 3 N–H and O–H groups in total. The molecule has 0 aliphatic heterocycles. The predicted molar refractivity (Wildman–Crippen MR) is 117 cm³/mol. The van der Waals surface area contributed by atoms with Crippen LogP contribution in [0.15, 0.2) is 59.1 Å². The Morgan fingerprint density at radius 1 is 1.03 bits per heavy atom. The van der Waals surface area contributed by atoms with Crippen molar-refractivity contribution in [2.24, 2.45) is 0 Å². The Balaban J connectivity index is 1.76. The Morgan fingerprint density at radius 2 is 1.71 bits per heavy atom. The van der Waals surface area contributed by atoms with E-state index in [0.717, 1.165) is 15.6 Å². The first-order valence-electron chi connectivity index (χ1n) is 9.61. The lowest BCUT2D eigenvalue weighted by Gasteiger charge is -2.18. The summed E-state index contributed by atoms with van der Waals surface area (Å²) in [7, 11) is 1.24. The number of aliphatic hydroxyl groups excluding tert-OH is 1. The summed E-state index contributed by atoms with van der Waals surface area (Å²) in [4.78, 5) is 36.0. The molecule has 0 fully saturated rings. The van der Waals surface area contributed by atoms with Crippen LogP contribution in [0.1, 0.15) is 17.5 Å². The third kappa shape index (κ3) is 9.18. The number of nitrogens with one attached hydrogen (secondary N) is 2. The van der Waals surface area contributed by atoms with Crippen LogP contribution in [0.2, 0.25) is 0 Å². The van der Waals surface area contributed by atoms with Crippen molar-refractivity contribution in [3.63, 3.8) is 0 Å². The minimum absolute atomic E-state index is 0.0973. The van der Waals surface area contributed by atoms with Crippen molar-refractivity contribution in [2.75, 3.05) is 13.7 Å². The van der Waals surface area contributed by atoms with Gasteiger partial charge in [-0.3, -0.25) is 4.79 Å². The van der Waals surface area contributed by atoms with Crippen LogP contribution in [0.25, 0.3) is 0 Å². The topological polar surface area (TPSA) is 114 Å². The summed E-state index contributed by atoms with van der Waals surface area (Å²) in [6.07, 6.45) is -1.90. The molecule has 0 bridgehead atoms. The highest BCUT2D eigenvalue weighted by atomic mass is 79.9. The molecule has 31 heavy (non-hydrogen) atoms. The Bertz CT molecular complexity index is 860. The van der Waals surface area contributed by atoms with Crippen molar-refractivity contribution in [2.45, 2.75) is 31.6 Å². The quantitative estimate of drug-likeness (QED) is 0.438. The summed E-state index contributed by atoms with van der Waals surface area (Å²) in [6, 6.07) is 15.6. The summed E-state index contributed by atoms with van der Waals surface area (Å²) in [5, 5.41) is 15.0. The third-order valence-electron chi connectivity index (χ3n) is 4.29. The van der Waals surface area contributed by atoms with E-state index in [0.29, 0.717) is 0 Å². The van der Waals surface area contributed by atoms with Gasteiger partial charge in [0, 0.05) is 17.4 Å². The molecule has 8 nitrogen and oxygen atoms in total. The SMILES string of the molecule is COC(=O)[C@@H](Cc1ccc(Br)cc1)NC(=O)C[C@H](O)CNC(=O)OCc1ccccc1. The number of methoxy groups -OCH3 is 1. The normalized spacial score (nSPS) is 12.4. The van der Waals surface area contributed by atoms with E-state index in [4.69, 9.17) is 9.47 Å². The summed E-state index contributed by atoms with van der Waals surface area (Å²) in [5.41, 5.74) is 1.67. The molecular weight excluding hydrogens is 468 g/mol. The fourth-order valence-electron chi connectivity index (χ4n) is 2.71. The second kappa shape index (κ2) is 12.7. The third-order valence-corrected chi connectivity index (χ3v) is 4.82. The van der Waals surface area contributed by atoms with Crippen molar-refractivity contribution in [3.05, 3.63) is 70.2 Å². The average Bonchev–Trinajstić information content (AvgIpc) is 2.77. The van der Waals surface area contributed by atoms with Crippen LogP contribution in [0.4, 0.5) is 4.79 Å². The summed E-state index contributed by atoms with van der Waals surface area (Å²) < 4.78 is 10.7. The summed E-state index contributed by atoms with van der Waals surface area (Å²) in [5.74, 6) is -1.13. The van der Waals surface area contributed by atoms with Gasteiger partial charge >= 0.3 is 12.1 Å². The number of ether oxygens (including phenoxy) is 2. The molecule has 0 heterocycles. The van der Waals surface area contributed by atoms with Gasteiger partial charge in [0.15, 0.2) is 0 Å². The fourth-order valence-corrected chi connectivity index (χ4v) is 2.97. The van der Waals surface area contributed by atoms with E-state index in [-0.39, 0.29) is 26.0 Å². The minimum Gasteiger partial charge on any atom is -0.467 e. The monoisotopic (exact) mass is 492 g/mol. The number of alkyl carbamates (subject to hydrolysis) is 1. The first-order valence-corrected chi connectivity index (χ1v) is 10.4. The molecule has 2 aromatic carbocycles. The maximum atomic E-state index is 12.3. The van der Waals surface area contributed by atoms with E-state index in [1.807, 2.05) is 54.6 Å². The lowest BCUT2D eigenvalue weighted by atomic mass is 10.1. The molecule has 0 saturated heterocycles. The highest BCUT2D eigenvalue weighted by Gasteiger charge is 2.23. The molecule has 0 radical (unpaired) electrons. The number of amides is 2. The van der Waals surface area contributed by atoms with Crippen LogP contribution in [0.5, 0.6) is 0 Å². The van der Waals surface area contributed by atoms with Gasteiger partial charge in [-0.05, 0) is 23.3 Å². The largest absolute Gasteiger partial charge is 0.467 e. The molecule has 2 atom stereocenters. The Labute approximate surface area is 189 Å². The number of benzene rings is 2. The first-order chi connectivity index (χ1) is 14.9. The maximum Gasteiger partial charge on any atom is 0.407 e. The molecule has 0 unspecified atom stereocenters. The molecule has 2 rings (SSSR count). The van der Waals surface area contributed by atoms with Crippen LogP contribution in [0.3, 0.4) is 0 Å². The smallest absolute Gasteiger partial charge is 0.407 e. The van der Waals surface area contributed by atoms with E-state index < -0.39 is 30.1 Å². The average molecular weight is 493 g/mol. The number of hydrogen-bond acceptors (Lipinski definition) is 6. The zero-order chi connectivity index (χ0) is 22.6. The zero-order valence-corrected chi connectivity index (χ0v) is 18.6. The molecule has 0 aliphatic rings. The van der Waals surface area contributed by atoms with Gasteiger partial charge in [-0.25, -0.2) is 9.59 Å². The first kappa shape index (κ1) is 24.4. The Hall–Kier alpha value is -2.91. The number of carbonyl (C=O) groups excluding carboxylic acids is 3. The molecule has 0 spiro atoms. The molecule has 166 valence electrons. The standard InChI is InChI=1S/C22H25BrN2O6/c1-30-21(28)19(11-15-7-9-17(23)10-8-15)25-20(27)12-18(26)13-24-22(29)31-14-16-5-3-2-4-6-16/h2-10,18-19,26H,11-14H2,1H3,(H,24,29)(H,25,27)/t18-,19+/m0/s1. The molecule has 2 aromatic rings. The van der Waals surface area contributed by atoms with Gasteiger partial charge in [0.25, 0.3) is 0 Å². The lowest BCUT2D eigenvalue weighted by Crippen LogP contribution is -2.45. The number of carbonyl (C=O) groups is 3. The summed E-state index contributed by atoms with van der Waals surface area (Å²) in [6.45, 7) is -0.0727. The van der Waals surface area contributed by atoms with Gasteiger partial charge in [0.05, 0.1) is 19.6 Å². The molecule has 0 aliphatic carbocycles. The van der Waals surface area contributed by atoms with Crippen LogP contribution >= 0.6 is 15.9 Å². The number of esters is 1. The summed E-state index contributed by atoms with van der Waals surface area (Å²) >= 11 is 3.34. The Kier molecular flexibility index (Phi) is 9.99. The van der Waals surface area contributed by atoms with Crippen molar-refractivity contribution >= 4 is 33.9 Å². The van der Waals surface area contributed by atoms with Gasteiger partial charge < -0.3 is 25.2 Å². The van der Waals surface area contributed by atoms with Crippen LogP contribution in [-0.2, 0) is 32.1 Å². The maximum absolute atomic E-state index is 12.3. The van der Waals surface area contributed by atoms with Crippen LogP contribution in [0, 0.1) is 0 Å². The highest BCUT2D eigenvalue weighted by Crippen LogP contribution is 2.12. The predicted octanol–water partition coefficient (Wildman–Crippen LogP) is 2.33. The van der Waals surface area contributed by atoms with E-state index >= 15 is 0 Å². The van der Waals surface area contributed by atoms with Crippen molar-refractivity contribution < 1.29 is 29.0 Å². The van der Waals surface area contributed by atoms with E-state index in [1.54, 1.807) is 0 Å². The van der Waals surface area contributed by atoms with Gasteiger partial charge in [-0.2, -0.15) is 0 Å². The zero-order valence-electron chi connectivity index (χ0n) is 17.0. The van der Waals surface area contributed by atoms with E-state index in [9.17, 15) is 19.5 Å². The lowest BCUT2D eigenvalue weighted by molar-refractivity contribution is -0.145. The Morgan fingerprint density at radius 3 is 2.35 bits per heavy atom. The second-order valence-electron chi connectivity index (χ2n) is 6.77. The van der Waals surface area contributed by atoms with Gasteiger partial charge in [0.1, 0.15) is 12.6 Å². The van der Waals surface area contributed by atoms with Gasteiger partial charge in [-0.1, -0.05) is 58.4 Å². The number of halogens is 1. The molecule has 0 saturated carbocycles. The number of aliphatic hydroxyl groups is 1. The van der Waals surface area contributed by atoms with Crippen molar-refractivity contribution in [3.8, 4) is 0 Å². The second-order valence-corrected chi connectivity index (χ2v) is 7.69. The molecule has 9 heteroatoms. The van der Waals surface area contributed by atoms with E-state index in [2.05, 4.69) is 26.6 Å². The van der Waals surface area contributed by atoms with Crippen LogP contribution < -0.4 is 10.6 Å². The molecular formula is C22H25BrN2O6. The van der Waals surface area contributed by atoms with Crippen LogP contribution in [-0.4, -0.2) is 48.9 Å². The van der Waals surface area contributed by atoms with Crippen molar-refractivity contribution in [1.82, 2.24) is 10.6 Å². The molecule has 2 amide bonds. The highest BCUT2D eigenvalue weighted by molar-refractivity contribution is 9.10. The molecule has 0 aromatic heterocycles. The minimum atomic E-state index is -1.14. The van der Waals surface area contributed by atoms with E-state index in [1.165, 1.54) is 7.11 Å². The fraction of sp³-hybridized carbons (Fsp3) is 0.318. The number of rotatable bonds is 10. The van der Waals surface area contributed by atoms with Gasteiger partial charge in [-0.15, -0.1) is 0 Å².